The molecule has 0 fully saturated rings. The highest BCUT2D eigenvalue weighted by atomic mass is 19.1. The van der Waals surface area contributed by atoms with Crippen molar-refractivity contribution >= 4 is 5.97 Å². The monoisotopic (exact) mass is 260 g/mol. The third-order valence-corrected chi connectivity index (χ3v) is 2.65. The highest BCUT2D eigenvalue weighted by Crippen LogP contribution is 2.34. The van der Waals surface area contributed by atoms with Gasteiger partial charge in [-0.2, -0.15) is 4.39 Å². The molecule has 0 radical (unpaired) electrons. The Bertz CT molecular complexity index is 483. The summed E-state index contributed by atoms with van der Waals surface area (Å²) in [7, 11) is 1.17. The van der Waals surface area contributed by atoms with Crippen molar-refractivity contribution in [1.82, 2.24) is 0 Å². The smallest absolute Gasteiger partial charge is 0.309 e. The van der Waals surface area contributed by atoms with Gasteiger partial charge in [-0.1, -0.05) is 0 Å². The Hall–Kier alpha value is -1.85. The standard InChI is InChI=1S/C12H14F2O4/c1-12(2,11(16)17)5-6-4-7(18-3)9(14)10(15)8(6)13/h4,15H,5H2,1-3H3,(H,16,17). The Morgan fingerprint density at radius 3 is 2.39 bits per heavy atom. The molecule has 0 saturated heterocycles. The van der Waals surface area contributed by atoms with Gasteiger partial charge in [-0.3, -0.25) is 4.79 Å². The predicted molar refractivity (Wildman–Crippen MR) is 59.7 cm³/mol. The molecular formula is C12H14F2O4. The SMILES string of the molecule is COc1cc(CC(C)(C)C(=O)O)c(F)c(O)c1F. The number of carbonyl (C=O) groups is 1. The number of benzene rings is 1. The van der Waals surface area contributed by atoms with Crippen LogP contribution in [0.1, 0.15) is 19.4 Å². The fourth-order valence-corrected chi connectivity index (χ4v) is 1.48. The van der Waals surface area contributed by atoms with E-state index in [2.05, 4.69) is 4.74 Å². The summed E-state index contributed by atoms with van der Waals surface area (Å²) in [4.78, 5) is 11.0. The number of carboxylic acids is 1. The molecule has 4 nitrogen and oxygen atoms in total. The van der Waals surface area contributed by atoms with Crippen molar-refractivity contribution in [2.45, 2.75) is 20.3 Å². The summed E-state index contributed by atoms with van der Waals surface area (Å²) in [5, 5.41) is 18.2. The van der Waals surface area contributed by atoms with Crippen LogP contribution in [0, 0.1) is 17.0 Å². The average Bonchev–Trinajstić information content (AvgIpc) is 2.29. The predicted octanol–water partition coefficient (Wildman–Crippen LogP) is 2.33. The van der Waals surface area contributed by atoms with Gasteiger partial charge in [0.1, 0.15) is 0 Å². The first kappa shape index (κ1) is 14.2. The number of ether oxygens (including phenoxy) is 1. The maximum absolute atomic E-state index is 13.6. The maximum Gasteiger partial charge on any atom is 0.309 e. The summed E-state index contributed by atoms with van der Waals surface area (Å²) in [5.74, 6) is -4.98. The number of methoxy groups -OCH3 is 1. The summed E-state index contributed by atoms with van der Waals surface area (Å²) in [6, 6.07) is 1.05. The summed E-state index contributed by atoms with van der Waals surface area (Å²) in [5.41, 5.74) is -1.35. The largest absolute Gasteiger partial charge is 0.503 e. The fraction of sp³-hybridized carbons (Fsp3) is 0.417. The number of phenols is 1. The van der Waals surface area contributed by atoms with Crippen LogP contribution in [0.4, 0.5) is 8.78 Å². The van der Waals surface area contributed by atoms with Gasteiger partial charge < -0.3 is 14.9 Å². The zero-order chi connectivity index (χ0) is 14.1. The number of rotatable bonds is 4. The average molecular weight is 260 g/mol. The first-order valence-electron chi connectivity index (χ1n) is 5.18. The Morgan fingerprint density at radius 1 is 1.39 bits per heavy atom. The topological polar surface area (TPSA) is 66.8 Å². The zero-order valence-electron chi connectivity index (χ0n) is 10.3. The molecular weight excluding hydrogens is 246 g/mol. The van der Waals surface area contributed by atoms with Crippen molar-refractivity contribution in [2.24, 2.45) is 5.41 Å². The third-order valence-electron chi connectivity index (χ3n) is 2.65. The summed E-state index contributed by atoms with van der Waals surface area (Å²) >= 11 is 0. The number of phenolic OH excluding ortho intramolecular Hbond substituents is 1. The maximum atomic E-state index is 13.6. The second-order valence-electron chi connectivity index (χ2n) is 4.58. The van der Waals surface area contributed by atoms with E-state index in [1.165, 1.54) is 21.0 Å². The van der Waals surface area contributed by atoms with Gasteiger partial charge in [0.2, 0.25) is 5.82 Å². The van der Waals surface area contributed by atoms with Crippen molar-refractivity contribution < 1.29 is 28.5 Å². The van der Waals surface area contributed by atoms with Crippen molar-refractivity contribution in [3.63, 3.8) is 0 Å². The van der Waals surface area contributed by atoms with Crippen LogP contribution in [0.2, 0.25) is 0 Å². The highest BCUT2D eigenvalue weighted by Gasteiger charge is 2.30. The fourth-order valence-electron chi connectivity index (χ4n) is 1.48. The van der Waals surface area contributed by atoms with E-state index in [4.69, 9.17) is 5.11 Å². The van der Waals surface area contributed by atoms with Crippen molar-refractivity contribution in [3.05, 3.63) is 23.3 Å². The second-order valence-corrected chi connectivity index (χ2v) is 4.58. The Kier molecular flexibility index (Phi) is 3.79. The Labute approximate surface area is 103 Å². The van der Waals surface area contributed by atoms with E-state index in [0.717, 1.165) is 6.07 Å². The van der Waals surface area contributed by atoms with E-state index < -0.39 is 28.8 Å². The molecule has 0 unspecified atom stereocenters. The normalized spacial score (nSPS) is 11.4. The van der Waals surface area contributed by atoms with Crippen LogP contribution in [-0.2, 0) is 11.2 Å². The molecule has 0 bridgehead atoms. The van der Waals surface area contributed by atoms with Crippen molar-refractivity contribution in [2.75, 3.05) is 7.11 Å². The molecule has 6 heteroatoms. The van der Waals surface area contributed by atoms with Gasteiger partial charge in [-0.25, -0.2) is 4.39 Å². The van der Waals surface area contributed by atoms with Crippen LogP contribution >= 0.6 is 0 Å². The molecule has 0 amide bonds. The van der Waals surface area contributed by atoms with Gasteiger partial charge in [0.15, 0.2) is 17.3 Å². The lowest BCUT2D eigenvalue weighted by molar-refractivity contribution is -0.146. The summed E-state index contributed by atoms with van der Waals surface area (Å²) < 4.78 is 31.6. The first-order chi connectivity index (χ1) is 8.20. The number of halogens is 2. The van der Waals surface area contributed by atoms with Crippen LogP contribution in [0.3, 0.4) is 0 Å². The van der Waals surface area contributed by atoms with E-state index in [1.807, 2.05) is 0 Å². The number of aromatic hydroxyl groups is 1. The molecule has 0 aliphatic heterocycles. The summed E-state index contributed by atoms with van der Waals surface area (Å²) in [6.07, 6.45) is -0.196. The number of aliphatic carboxylic acids is 1. The van der Waals surface area contributed by atoms with Gasteiger partial charge >= 0.3 is 5.97 Å². The molecule has 0 heterocycles. The van der Waals surface area contributed by atoms with E-state index in [9.17, 15) is 18.7 Å². The Balaban J connectivity index is 3.26. The van der Waals surface area contributed by atoms with Gasteiger partial charge in [0, 0.05) is 0 Å². The summed E-state index contributed by atoms with van der Waals surface area (Å²) in [6.45, 7) is 2.81. The van der Waals surface area contributed by atoms with Crippen molar-refractivity contribution in [1.29, 1.82) is 0 Å². The zero-order valence-corrected chi connectivity index (χ0v) is 10.3. The number of hydrogen-bond acceptors (Lipinski definition) is 3. The van der Waals surface area contributed by atoms with E-state index in [0.29, 0.717) is 0 Å². The highest BCUT2D eigenvalue weighted by molar-refractivity contribution is 5.74. The molecule has 0 atom stereocenters. The quantitative estimate of drug-likeness (QED) is 0.872. The lowest BCUT2D eigenvalue weighted by Gasteiger charge is -2.20. The van der Waals surface area contributed by atoms with Crippen molar-refractivity contribution in [3.8, 4) is 11.5 Å². The second kappa shape index (κ2) is 4.80. The van der Waals surface area contributed by atoms with Crippen LogP contribution < -0.4 is 4.74 Å². The van der Waals surface area contributed by atoms with E-state index >= 15 is 0 Å². The number of carboxylic acid groups (broad SMARTS) is 1. The van der Waals surface area contributed by atoms with Gasteiger partial charge in [0.25, 0.3) is 0 Å². The third kappa shape index (κ3) is 2.52. The van der Waals surface area contributed by atoms with E-state index in [1.54, 1.807) is 0 Å². The minimum Gasteiger partial charge on any atom is -0.503 e. The Morgan fingerprint density at radius 2 is 1.94 bits per heavy atom. The van der Waals surface area contributed by atoms with E-state index in [-0.39, 0.29) is 17.7 Å². The van der Waals surface area contributed by atoms with Crippen LogP contribution in [0.25, 0.3) is 0 Å². The molecule has 1 aromatic carbocycles. The molecule has 0 aromatic heterocycles. The molecule has 0 saturated carbocycles. The van der Waals surface area contributed by atoms with Crippen LogP contribution in [0.5, 0.6) is 11.5 Å². The van der Waals surface area contributed by atoms with Crippen LogP contribution in [0.15, 0.2) is 6.07 Å². The minimum absolute atomic E-state index is 0.113. The van der Waals surface area contributed by atoms with Crippen LogP contribution in [-0.4, -0.2) is 23.3 Å². The molecule has 1 rings (SSSR count). The molecule has 0 aliphatic carbocycles. The molecule has 100 valence electrons. The molecule has 0 aliphatic rings. The lowest BCUT2D eigenvalue weighted by atomic mass is 9.85. The molecule has 2 N–H and O–H groups in total. The van der Waals surface area contributed by atoms with Gasteiger partial charge in [0.05, 0.1) is 12.5 Å². The minimum atomic E-state index is -1.24. The first-order valence-corrected chi connectivity index (χ1v) is 5.18. The molecule has 1 aromatic rings. The van der Waals surface area contributed by atoms with Gasteiger partial charge in [-0.05, 0) is 31.9 Å². The molecule has 0 spiro atoms. The van der Waals surface area contributed by atoms with Gasteiger partial charge in [-0.15, -0.1) is 0 Å². The number of hydrogen-bond donors (Lipinski definition) is 2. The lowest BCUT2D eigenvalue weighted by Crippen LogP contribution is -2.26. The molecule has 18 heavy (non-hydrogen) atoms.